The summed E-state index contributed by atoms with van der Waals surface area (Å²) in [4.78, 5) is 4.08. The molecule has 0 saturated carbocycles. The Balaban J connectivity index is 1.56. The van der Waals surface area contributed by atoms with E-state index in [0.29, 0.717) is 0 Å². The van der Waals surface area contributed by atoms with Gasteiger partial charge in [-0.3, -0.25) is 4.98 Å². The van der Waals surface area contributed by atoms with Crippen LogP contribution in [-0.2, 0) is 6.54 Å². The number of ether oxygens (including phenoxy) is 1. The van der Waals surface area contributed by atoms with Crippen molar-refractivity contribution in [2.45, 2.75) is 19.9 Å². The molecule has 0 aliphatic carbocycles. The Morgan fingerprint density at radius 1 is 1.16 bits per heavy atom. The average molecular weight is 256 g/mol. The number of hydrogen-bond donors (Lipinski definition) is 1. The number of rotatable bonds is 7. The number of benzene rings is 1. The van der Waals surface area contributed by atoms with Gasteiger partial charge in [0, 0.05) is 18.9 Å². The van der Waals surface area contributed by atoms with Crippen LogP contribution in [0.25, 0.3) is 0 Å². The van der Waals surface area contributed by atoms with Crippen molar-refractivity contribution in [1.82, 2.24) is 10.3 Å². The van der Waals surface area contributed by atoms with Gasteiger partial charge < -0.3 is 10.1 Å². The van der Waals surface area contributed by atoms with Crippen molar-refractivity contribution in [3.63, 3.8) is 0 Å². The molecule has 0 saturated heterocycles. The number of aromatic nitrogens is 1. The van der Waals surface area contributed by atoms with Crippen molar-refractivity contribution in [2.24, 2.45) is 0 Å². The van der Waals surface area contributed by atoms with E-state index in [1.165, 1.54) is 11.1 Å². The highest BCUT2D eigenvalue weighted by molar-refractivity contribution is 5.26. The van der Waals surface area contributed by atoms with Crippen molar-refractivity contribution < 1.29 is 4.74 Å². The van der Waals surface area contributed by atoms with Crippen LogP contribution in [0.3, 0.4) is 0 Å². The molecule has 1 heterocycles. The standard InChI is InChI=1S/C16H20N2O/c1-14-5-7-16(8-6-14)19-11-3-10-18-13-15-4-2-9-17-12-15/h2,4-9,12,18H,3,10-11,13H2,1H3. The second-order valence-electron chi connectivity index (χ2n) is 4.55. The molecule has 0 fully saturated rings. The van der Waals surface area contributed by atoms with Crippen LogP contribution >= 0.6 is 0 Å². The molecule has 0 amide bonds. The van der Waals surface area contributed by atoms with Gasteiger partial charge in [-0.25, -0.2) is 0 Å². The van der Waals surface area contributed by atoms with E-state index in [9.17, 15) is 0 Å². The Morgan fingerprint density at radius 3 is 2.74 bits per heavy atom. The third kappa shape index (κ3) is 5.10. The zero-order chi connectivity index (χ0) is 13.3. The summed E-state index contributed by atoms with van der Waals surface area (Å²) in [5, 5.41) is 3.38. The van der Waals surface area contributed by atoms with Crippen molar-refractivity contribution in [3.8, 4) is 5.75 Å². The predicted molar refractivity (Wildman–Crippen MR) is 77.2 cm³/mol. The molecule has 0 unspecified atom stereocenters. The lowest BCUT2D eigenvalue weighted by Crippen LogP contribution is -2.17. The molecule has 0 spiro atoms. The monoisotopic (exact) mass is 256 g/mol. The van der Waals surface area contributed by atoms with Gasteiger partial charge in [-0.05, 0) is 43.7 Å². The van der Waals surface area contributed by atoms with Crippen molar-refractivity contribution in [1.29, 1.82) is 0 Å². The number of hydrogen-bond acceptors (Lipinski definition) is 3. The fraction of sp³-hybridized carbons (Fsp3) is 0.312. The van der Waals surface area contributed by atoms with Crippen molar-refractivity contribution in [3.05, 3.63) is 59.9 Å². The molecule has 0 aliphatic rings. The molecule has 1 aromatic carbocycles. The van der Waals surface area contributed by atoms with Crippen molar-refractivity contribution in [2.75, 3.05) is 13.2 Å². The Labute approximate surface area is 114 Å². The maximum absolute atomic E-state index is 5.66. The molecule has 100 valence electrons. The van der Waals surface area contributed by atoms with Crippen LogP contribution in [0, 0.1) is 6.92 Å². The summed E-state index contributed by atoms with van der Waals surface area (Å²) >= 11 is 0. The summed E-state index contributed by atoms with van der Waals surface area (Å²) in [6.07, 6.45) is 4.67. The molecule has 0 atom stereocenters. The molecule has 2 aromatic rings. The van der Waals surface area contributed by atoms with E-state index < -0.39 is 0 Å². The van der Waals surface area contributed by atoms with Crippen LogP contribution in [-0.4, -0.2) is 18.1 Å². The number of aryl methyl sites for hydroxylation is 1. The average Bonchev–Trinajstić information content (AvgIpc) is 2.46. The van der Waals surface area contributed by atoms with Crippen LogP contribution in [0.1, 0.15) is 17.5 Å². The highest BCUT2D eigenvalue weighted by atomic mass is 16.5. The number of nitrogens with one attached hydrogen (secondary N) is 1. The summed E-state index contributed by atoms with van der Waals surface area (Å²) in [6, 6.07) is 12.2. The summed E-state index contributed by atoms with van der Waals surface area (Å²) in [7, 11) is 0. The number of nitrogens with zero attached hydrogens (tertiary/aromatic N) is 1. The van der Waals surface area contributed by atoms with Gasteiger partial charge in [0.15, 0.2) is 0 Å². The van der Waals surface area contributed by atoms with E-state index in [4.69, 9.17) is 4.74 Å². The van der Waals surface area contributed by atoms with Crippen LogP contribution in [0.4, 0.5) is 0 Å². The fourth-order valence-electron chi connectivity index (χ4n) is 1.76. The van der Waals surface area contributed by atoms with Crippen LogP contribution in [0.2, 0.25) is 0 Å². The van der Waals surface area contributed by atoms with Gasteiger partial charge in [-0.2, -0.15) is 0 Å². The maximum atomic E-state index is 5.66. The van der Waals surface area contributed by atoms with Crippen LogP contribution in [0.5, 0.6) is 5.75 Å². The molecular formula is C16H20N2O. The molecule has 0 aliphatic heterocycles. The highest BCUT2D eigenvalue weighted by Crippen LogP contribution is 2.11. The summed E-state index contributed by atoms with van der Waals surface area (Å²) in [5.74, 6) is 0.942. The van der Waals surface area contributed by atoms with Gasteiger partial charge in [0.1, 0.15) is 5.75 Å². The Kier molecular flexibility index (Phi) is 5.38. The zero-order valence-electron chi connectivity index (χ0n) is 11.3. The van der Waals surface area contributed by atoms with Crippen LogP contribution < -0.4 is 10.1 Å². The second-order valence-corrected chi connectivity index (χ2v) is 4.55. The van der Waals surface area contributed by atoms with E-state index in [0.717, 1.165) is 31.9 Å². The second kappa shape index (κ2) is 7.54. The smallest absolute Gasteiger partial charge is 0.119 e. The van der Waals surface area contributed by atoms with E-state index >= 15 is 0 Å². The van der Waals surface area contributed by atoms with E-state index in [-0.39, 0.29) is 0 Å². The van der Waals surface area contributed by atoms with Crippen molar-refractivity contribution >= 4 is 0 Å². The first-order valence-electron chi connectivity index (χ1n) is 6.64. The Morgan fingerprint density at radius 2 is 2.00 bits per heavy atom. The van der Waals surface area contributed by atoms with Gasteiger partial charge in [-0.1, -0.05) is 23.8 Å². The minimum absolute atomic E-state index is 0.739. The molecule has 0 bridgehead atoms. The lowest BCUT2D eigenvalue weighted by atomic mass is 10.2. The summed E-state index contributed by atoms with van der Waals surface area (Å²) in [6.45, 7) is 4.62. The normalized spacial score (nSPS) is 10.4. The quantitative estimate of drug-likeness (QED) is 0.773. The minimum Gasteiger partial charge on any atom is -0.494 e. The number of pyridine rings is 1. The summed E-state index contributed by atoms with van der Waals surface area (Å²) < 4.78 is 5.66. The SMILES string of the molecule is Cc1ccc(OCCCNCc2cccnc2)cc1. The molecule has 2 rings (SSSR count). The van der Waals surface area contributed by atoms with Crippen LogP contribution in [0.15, 0.2) is 48.8 Å². The summed E-state index contributed by atoms with van der Waals surface area (Å²) in [5.41, 5.74) is 2.47. The minimum atomic E-state index is 0.739. The molecule has 1 N–H and O–H groups in total. The third-order valence-electron chi connectivity index (χ3n) is 2.84. The van der Waals surface area contributed by atoms with E-state index in [1.54, 1.807) is 6.20 Å². The van der Waals surface area contributed by atoms with E-state index in [1.807, 2.05) is 24.4 Å². The van der Waals surface area contributed by atoms with Gasteiger partial charge in [-0.15, -0.1) is 0 Å². The lowest BCUT2D eigenvalue weighted by molar-refractivity contribution is 0.308. The van der Waals surface area contributed by atoms with E-state index in [2.05, 4.69) is 35.4 Å². The molecule has 0 radical (unpaired) electrons. The molecular weight excluding hydrogens is 236 g/mol. The molecule has 3 heteroatoms. The third-order valence-corrected chi connectivity index (χ3v) is 2.84. The topological polar surface area (TPSA) is 34.1 Å². The molecule has 3 nitrogen and oxygen atoms in total. The maximum Gasteiger partial charge on any atom is 0.119 e. The highest BCUT2D eigenvalue weighted by Gasteiger charge is 1.94. The Hall–Kier alpha value is -1.87. The fourth-order valence-corrected chi connectivity index (χ4v) is 1.76. The Bertz CT molecular complexity index is 468. The van der Waals surface area contributed by atoms with Gasteiger partial charge in [0.2, 0.25) is 0 Å². The van der Waals surface area contributed by atoms with Gasteiger partial charge in [0.25, 0.3) is 0 Å². The first-order chi connectivity index (χ1) is 9.34. The molecule has 19 heavy (non-hydrogen) atoms. The van der Waals surface area contributed by atoms with Gasteiger partial charge >= 0.3 is 0 Å². The zero-order valence-corrected chi connectivity index (χ0v) is 11.3. The first-order valence-corrected chi connectivity index (χ1v) is 6.64. The molecule has 1 aromatic heterocycles. The first kappa shape index (κ1) is 13.6. The predicted octanol–water partition coefficient (Wildman–Crippen LogP) is 2.95. The largest absolute Gasteiger partial charge is 0.494 e. The van der Waals surface area contributed by atoms with Gasteiger partial charge in [0.05, 0.1) is 6.61 Å². The lowest BCUT2D eigenvalue weighted by Gasteiger charge is -2.07.